The van der Waals surface area contributed by atoms with Crippen LogP contribution in [0.3, 0.4) is 0 Å². The summed E-state index contributed by atoms with van der Waals surface area (Å²) in [4.78, 5) is 23.4. The van der Waals surface area contributed by atoms with Crippen molar-refractivity contribution >= 4 is 23.0 Å². The maximum Gasteiger partial charge on any atom is 0.273 e. The van der Waals surface area contributed by atoms with E-state index in [1.165, 1.54) is 12.1 Å². The van der Waals surface area contributed by atoms with Gasteiger partial charge in [-0.1, -0.05) is 13.3 Å². The zero-order chi connectivity index (χ0) is 15.1. The van der Waals surface area contributed by atoms with E-state index in [2.05, 4.69) is 5.32 Å². The van der Waals surface area contributed by atoms with Crippen LogP contribution in [0.15, 0.2) is 18.2 Å². The lowest BCUT2D eigenvalue weighted by Crippen LogP contribution is -2.34. The SMILES string of the molecule is CCCCN(CC(N)=O)c1cc(NC)cc([N+](=O)[O-])c1. The molecule has 0 aliphatic rings. The molecular weight excluding hydrogens is 260 g/mol. The number of benzene rings is 1. The lowest BCUT2D eigenvalue weighted by molar-refractivity contribution is -0.384. The van der Waals surface area contributed by atoms with E-state index in [0.29, 0.717) is 17.9 Å². The molecule has 0 bridgehead atoms. The minimum atomic E-state index is -0.460. The fraction of sp³-hybridized carbons (Fsp3) is 0.462. The summed E-state index contributed by atoms with van der Waals surface area (Å²) in [6, 6.07) is 4.68. The molecule has 0 unspecified atom stereocenters. The molecule has 0 radical (unpaired) electrons. The van der Waals surface area contributed by atoms with Gasteiger partial charge in [-0.3, -0.25) is 14.9 Å². The quantitative estimate of drug-likeness (QED) is 0.557. The molecule has 1 rings (SSSR count). The molecule has 1 amide bonds. The van der Waals surface area contributed by atoms with Gasteiger partial charge in [-0.15, -0.1) is 0 Å². The largest absolute Gasteiger partial charge is 0.388 e. The number of nitrogens with zero attached hydrogens (tertiary/aromatic N) is 2. The molecule has 0 saturated heterocycles. The van der Waals surface area contributed by atoms with Crippen LogP contribution in [0.1, 0.15) is 19.8 Å². The molecule has 1 aromatic rings. The normalized spacial score (nSPS) is 10.1. The third-order valence-electron chi connectivity index (χ3n) is 2.90. The van der Waals surface area contributed by atoms with Crippen LogP contribution in [-0.4, -0.2) is 31.0 Å². The Morgan fingerprint density at radius 2 is 2.15 bits per heavy atom. The maximum absolute atomic E-state index is 11.2. The number of non-ortho nitro benzene ring substituents is 1. The lowest BCUT2D eigenvalue weighted by atomic mass is 10.2. The number of nitro groups is 1. The van der Waals surface area contributed by atoms with E-state index in [4.69, 9.17) is 5.73 Å². The van der Waals surface area contributed by atoms with Gasteiger partial charge in [0, 0.05) is 37.1 Å². The van der Waals surface area contributed by atoms with Crippen LogP contribution in [0.4, 0.5) is 17.1 Å². The topological polar surface area (TPSA) is 102 Å². The molecule has 20 heavy (non-hydrogen) atoms. The van der Waals surface area contributed by atoms with Crippen molar-refractivity contribution in [3.05, 3.63) is 28.3 Å². The summed E-state index contributed by atoms with van der Waals surface area (Å²) in [7, 11) is 1.69. The van der Waals surface area contributed by atoms with E-state index in [1.54, 1.807) is 18.0 Å². The van der Waals surface area contributed by atoms with Crippen molar-refractivity contribution in [1.82, 2.24) is 0 Å². The van der Waals surface area contributed by atoms with Gasteiger partial charge in [-0.25, -0.2) is 0 Å². The number of anilines is 2. The van der Waals surface area contributed by atoms with Crippen LogP contribution in [0.5, 0.6) is 0 Å². The fourth-order valence-electron chi connectivity index (χ4n) is 1.86. The van der Waals surface area contributed by atoms with Gasteiger partial charge in [0.15, 0.2) is 0 Å². The van der Waals surface area contributed by atoms with Crippen molar-refractivity contribution < 1.29 is 9.72 Å². The lowest BCUT2D eigenvalue weighted by Gasteiger charge is -2.23. The van der Waals surface area contributed by atoms with E-state index >= 15 is 0 Å². The maximum atomic E-state index is 11.2. The van der Waals surface area contributed by atoms with Gasteiger partial charge < -0.3 is 16.0 Å². The molecule has 0 spiro atoms. The van der Waals surface area contributed by atoms with Crippen molar-refractivity contribution in [1.29, 1.82) is 0 Å². The first kappa shape index (κ1) is 15.7. The average Bonchev–Trinajstić information content (AvgIpc) is 2.42. The molecule has 0 saturated carbocycles. The molecule has 7 heteroatoms. The molecule has 1 aromatic carbocycles. The molecule has 0 atom stereocenters. The van der Waals surface area contributed by atoms with Crippen molar-refractivity contribution in [2.45, 2.75) is 19.8 Å². The Balaban J connectivity index is 3.12. The summed E-state index contributed by atoms with van der Waals surface area (Å²) in [5, 5.41) is 13.8. The predicted octanol–water partition coefficient (Wildman–Crippen LogP) is 1.73. The number of hydrogen-bond acceptors (Lipinski definition) is 5. The summed E-state index contributed by atoms with van der Waals surface area (Å²) in [5.41, 5.74) is 6.47. The molecular formula is C13H20N4O3. The van der Waals surface area contributed by atoms with E-state index in [9.17, 15) is 14.9 Å². The number of carbonyl (C=O) groups excluding carboxylic acids is 1. The van der Waals surface area contributed by atoms with Crippen LogP contribution in [0.25, 0.3) is 0 Å². The molecule has 0 heterocycles. The number of carbonyl (C=O) groups is 1. The zero-order valence-corrected chi connectivity index (χ0v) is 11.8. The van der Waals surface area contributed by atoms with Crippen molar-refractivity contribution in [3.8, 4) is 0 Å². The summed E-state index contributed by atoms with van der Waals surface area (Å²) in [6.07, 6.45) is 1.84. The molecule has 7 nitrogen and oxygen atoms in total. The average molecular weight is 280 g/mol. The van der Waals surface area contributed by atoms with E-state index in [-0.39, 0.29) is 12.2 Å². The number of primary amides is 1. The highest BCUT2D eigenvalue weighted by atomic mass is 16.6. The summed E-state index contributed by atoms with van der Waals surface area (Å²) >= 11 is 0. The van der Waals surface area contributed by atoms with E-state index in [1.807, 2.05) is 6.92 Å². The Morgan fingerprint density at radius 1 is 1.45 bits per heavy atom. The van der Waals surface area contributed by atoms with E-state index in [0.717, 1.165) is 12.8 Å². The third-order valence-corrected chi connectivity index (χ3v) is 2.90. The summed E-state index contributed by atoms with van der Waals surface area (Å²) < 4.78 is 0. The zero-order valence-electron chi connectivity index (χ0n) is 11.8. The first-order chi connectivity index (χ1) is 9.47. The number of nitrogens with one attached hydrogen (secondary N) is 1. The first-order valence-electron chi connectivity index (χ1n) is 6.48. The molecule has 3 N–H and O–H groups in total. The number of rotatable bonds is 8. The Kier molecular flexibility index (Phi) is 5.76. The van der Waals surface area contributed by atoms with Gasteiger partial charge in [-0.05, 0) is 12.5 Å². The minimum absolute atomic E-state index is 0.0159. The van der Waals surface area contributed by atoms with Crippen LogP contribution >= 0.6 is 0 Å². The van der Waals surface area contributed by atoms with Gasteiger partial charge in [-0.2, -0.15) is 0 Å². The Morgan fingerprint density at radius 3 is 2.65 bits per heavy atom. The number of hydrogen-bond donors (Lipinski definition) is 2. The van der Waals surface area contributed by atoms with Crippen molar-refractivity contribution in [3.63, 3.8) is 0 Å². The highest BCUT2D eigenvalue weighted by molar-refractivity contribution is 5.80. The van der Waals surface area contributed by atoms with Crippen LogP contribution < -0.4 is 16.0 Å². The van der Waals surface area contributed by atoms with Crippen molar-refractivity contribution in [2.75, 3.05) is 30.4 Å². The fourth-order valence-corrected chi connectivity index (χ4v) is 1.86. The second kappa shape index (κ2) is 7.32. The highest BCUT2D eigenvalue weighted by Crippen LogP contribution is 2.27. The molecule has 0 fully saturated rings. The van der Waals surface area contributed by atoms with E-state index < -0.39 is 10.8 Å². The highest BCUT2D eigenvalue weighted by Gasteiger charge is 2.15. The monoisotopic (exact) mass is 280 g/mol. The predicted molar refractivity (Wildman–Crippen MR) is 79.0 cm³/mol. The minimum Gasteiger partial charge on any atom is -0.388 e. The summed E-state index contributed by atoms with van der Waals surface area (Å²) in [6.45, 7) is 2.71. The number of nitro benzene ring substituents is 1. The van der Waals surface area contributed by atoms with Gasteiger partial charge in [0.1, 0.15) is 0 Å². The second-order valence-corrected chi connectivity index (χ2v) is 4.49. The van der Waals surface area contributed by atoms with Gasteiger partial charge in [0.25, 0.3) is 5.69 Å². The number of unbranched alkanes of at least 4 members (excludes halogenated alkanes) is 1. The van der Waals surface area contributed by atoms with Crippen LogP contribution in [0.2, 0.25) is 0 Å². The Labute approximate surface area is 117 Å². The smallest absolute Gasteiger partial charge is 0.273 e. The Bertz CT molecular complexity index is 491. The molecule has 0 aliphatic carbocycles. The number of nitrogens with two attached hydrogens (primary N) is 1. The third kappa shape index (κ3) is 4.42. The summed E-state index contributed by atoms with van der Waals surface area (Å²) in [5.74, 6) is -0.460. The Hall–Kier alpha value is -2.31. The van der Waals surface area contributed by atoms with Gasteiger partial charge in [0.05, 0.1) is 11.5 Å². The van der Waals surface area contributed by atoms with Crippen LogP contribution in [0, 0.1) is 10.1 Å². The molecule has 110 valence electrons. The number of amides is 1. The molecule has 0 aliphatic heterocycles. The van der Waals surface area contributed by atoms with Crippen molar-refractivity contribution in [2.24, 2.45) is 5.73 Å². The van der Waals surface area contributed by atoms with Crippen LogP contribution in [-0.2, 0) is 4.79 Å². The second-order valence-electron chi connectivity index (χ2n) is 4.49. The standard InChI is InChI=1S/C13H20N4O3/c1-3-4-5-16(9-13(14)18)11-6-10(15-2)7-12(8-11)17(19)20/h6-8,15H,3-5,9H2,1-2H3,(H2,14,18). The first-order valence-corrected chi connectivity index (χ1v) is 6.48. The molecule has 0 aromatic heterocycles. The van der Waals surface area contributed by atoms with Gasteiger partial charge in [0.2, 0.25) is 5.91 Å². The van der Waals surface area contributed by atoms with Gasteiger partial charge >= 0.3 is 0 Å².